The highest BCUT2D eigenvalue weighted by Crippen LogP contribution is 2.24. The van der Waals surface area contributed by atoms with E-state index < -0.39 is 11.9 Å². The van der Waals surface area contributed by atoms with Crippen LogP contribution in [0, 0.1) is 5.92 Å². The Bertz CT molecular complexity index is 444. The van der Waals surface area contributed by atoms with E-state index in [1.54, 1.807) is 11.3 Å². The van der Waals surface area contributed by atoms with E-state index in [2.05, 4.69) is 5.32 Å². The van der Waals surface area contributed by atoms with Gasteiger partial charge in [0.15, 0.2) is 0 Å². The molecule has 1 fully saturated rings. The first-order chi connectivity index (χ1) is 9.66. The molecule has 4 nitrogen and oxygen atoms in total. The summed E-state index contributed by atoms with van der Waals surface area (Å²) in [5.74, 6) is -1.24. The Balaban J connectivity index is 1.85. The Morgan fingerprint density at radius 3 is 2.80 bits per heavy atom. The molecule has 1 aliphatic rings. The summed E-state index contributed by atoms with van der Waals surface area (Å²) < 4.78 is 0. The number of amides is 1. The molecular formula is C15H21NO3S. The molecule has 2 N–H and O–H groups in total. The third-order valence-electron chi connectivity index (χ3n) is 3.90. The molecule has 0 saturated heterocycles. The number of thiophene rings is 1. The zero-order valence-corrected chi connectivity index (χ0v) is 12.3. The van der Waals surface area contributed by atoms with Crippen molar-refractivity contribution in [1.29, 1.82) is 0 Å². The van der Waals surface area contributed by atoms with Crippen molar-refractivity contribution in [1.82, 2.24) is 5.32 Å². The Morgan fingerprint density at radius 2 is 2.10 bits per heavy atom. The smallest absolute Gasteiger partial charge is 0.308 e. The highest BCUT2D eigenvalue weighted by Gasteiger charge is 2.30. The summed E-state index contributed by atoms with van der Waals surface area (Å²) in [6.07, 6.45) is 5.61. The number of hydrogen-bond donors (Lipinski definition) is 2. The van der Waals surface area contributed by atoms with Gasteiger partial charge in [0.1, 0.15) is 0 Å². The van der Waals surface area contributed by atoms with Gasteiger partial charge in [-0.2, -0.15) is 11.3 Å². The predicted molar refractivity (Wildman–Crippen MR) is 78.8 cm³/mol. The van der Waals surface area contributed by atoms with Crippen LogP contribution in [0.3, 0.4) is 0 Å². The maximum atomic E-state index is 12.0. The number of carbonyl (C=O) groups excluding carboxylic acids is 1. The van der Waals surface area contributed by atoms with Crippen molar-refractivity contribution in [2.24, 2.45) is 5.92 Å². The van der Waals surface area contributed by atoms with Crippen molar-refractivity contribution in [3.8, 4) is 0 Å². The van der Waals surface area contributed by atoms with Crippen molar-refractivity contribution in [2.45, 2.75) is 51.0 Å². The summed E-state index contributed by atoms with van der Waals surface area (Å²) in [7, 11) is 0. The normalized spacial score (nSPS) is 23.0. The molecular weight excluding hydrogens is 274 g/mol. The molecule has 5 heteroatoms. The fraction of sp³-hybridized carbons (Fsp3) is 0.600. The molecule has 2 rings (SSSR count). The van der Waals surface area contributed by atoms with E-state index in [-0.39, 0.29) is 11.9 Å². The molecule has 110 valence electrons. The molecule has 1 aromatic heterocycles. The second kappa shape index (κ2) is 7.43. The lowest BCUT2D eigenvalue weighted by Crippen LogP contribution is -2.42. The second-order valence-electron chi connectivity index (χ2n) is 5.39. The molecule has 0 aliphatic heterocycles. The van der Waals surface area contributed by atoms with Crippen LogP contribution in [-0.4, -0.2) is 23.0 Å². The summed E-state index contributed by atoms with van der Waals surface area (Å²) in [6, 6.07) is 1.81. The van der Waals surface area contributed by atoms with E-state index in [1.165, 1.54) is 5.56 Å². The minimum absolute atomic E-state index is 0.0330. The lowest BCUT2D eigenvalue weighted by atomic mass is 9.94. The number of carboxylic acids is 1. The van der Waals surface area contributed by atoms with Crippen LogP contribution < -0.4 is 5.32 Å². The van der Waals surface area contributed by atoms with Crippen LogP contribution in [0.2, 0.25) is 0 Å². The van der Waals surface area contributed by atoms with Gasteiger partial charge in [0, 0.05) is 12.5 Å². The topological polar surface area (TPSA) is 66.4 Å². The highest BCUT2D eigenvalue weighted by molar-refractivity contribution is 7.07. The van der Waals surface area contributed by atoms with Crippen LogP contribution in [0.15, 0.2) is 16.8 Å². The number of rotatable bonds is 5. The Morgan fingerprint density at radius 1 is 1.30 bits per heavy atom. The Hall–Kier alpha value is -1.36. The van der Waals surface area contributed by atoms with E-state index in [0.29, 0.717) is 12.8 Å². The second-order valence-corrected chi connectivity index (χ2v) is 6.17. The van der Waals surface area contributed by atoms with Gasteiger partial charge >= 0.3 is 5.97 Å². The maximum absolute atomic E-state index is 12.0. The molecule has 0 aromatic carbocycles. The molecule has 1 aliphatic carbocycles. The number of carboxylic acid groups (broad SMARTS) is 1. The van der Waals surface area contributed by atoms with Crippen LogP contribution >= 0.6 is 11.3 Å². The van der Waals surface area contributed by atoms with Crippen LogP contribution in [0.1, 0.15) is 44.1 Å². The van der Waals surface area contributed by atoms with Crippen LogP contribution in [-0.2, 0) is 16.0 Å². The van der Waals surface area contributed by atoms with Crippen molar-refractivity contribution in [3.63, 3.8) is 0 Å². The average Bonchev–Trinajstić information content (AvgIpc) is 2.82. The van der Waals surface area contributed by atoms with Gasteiger partial charge in [-0.05, 0) is 41.7 Å². The van der Waals surface area contributed by atoms with Crippen LogP contribution in [0.4, 0.5) is 0 Å². The summed E-state index contributed by atoms with van der Waals surface area (Å²) in [6.45, 7) is 0. The summed E-state index contributed by atoms with van der Waals surface area (Å²) >= 11 is 1.62. The lowest BCUT2D eigenvalue weighted by Gasteiger charge is -2.22. The first-order valence-corrected chi connectivity index (χ1v) is 8.14. The zero-order chi connectivity index (χ0) is 14.4. The number of nitrogens with one attached hydrogen (secondary N) is 1. The fourth-order valence-electron chi connectivity index (χ4n) is 2.75. The van der Waals surface area contributed by atoms with Gasteiger partial charge in [-0.15, -0.1) is 0 Å². The number of carbonyl (C=O) groups is 2. The zero-order valence-electron chi connectivity index (χ0n) is 11.5. The third-order valence-corrected chi connectivity index (χ3v) is 4.63. The van der Waals surface area contributed by atoms with Crippen molar-refractivity contribution < 1.29 is 14.7 Å². The van der Waals surface area contributed by atoms with Gasteiger partial charge in [-0.3, -0.25) is 9.59 Å². The number of aryl methyl sites for hydroxylation is 1. The first-order valence-electron chi connectivity index (χ1n) is 7.20. The van der Waals surface area contributed by atoms with E-state index in [1.807, 2.05) is 16.8 Å². The SMILES string of the molecule is O=C(CCc1ccsc1)N[C@@H]1CCCCC[C@H]1C(=O)O. The van der Waals surface area contributed by atoms with E-state index in [4.69, 9.17) is 0 Å². The molecule has 0 bridgehead atoms. The molecule has 1 aromatic rings. The average molecular weight is 295 g/mol. The molecule has 0 unspecified atom stereocenters. The van der Waals surface area contributed by atoms with E-state index in [9.17, 15) is 14.7 Å². The summed E-state index contributed by atoms with van der Waals surface area (Å²) in [5.41, 5.74) is 1.17. The van der Waals surface area contributed by atoms with Crippen molar-refractivity contribution in [3.05, 3.63) is 22.4 Å². The molecule has 1 heterocycles. The maximum Gasteiger partial charge on any atom is 0.308 e. The largest absolute Gasteiger partial charge is 0.481 e. The fourth-order valence-corrected chi connectivity index (χ4v) is 3.45. The van der Waals surface area contributed by atoms with Crippen molar-refractivity contribution in [2.75, 3.05) is 0 Å². The van der Waals surface area contributed by atoms with Gasteiger partial charge in [0.2, 0.25) is 5.91 Å². The lowest BCUT2D eigenvalue weighted by molar-refractivity contribution is -0.143. The quantitative estimate of drug-likeness (QED) is 0.821. The molecule has 0 radical (unpaired) electrons. The van der Waals surface area contributed by atoms with Gasteiger partial charge in [-0.25, -0.2) is 0 Å². The number of aliphatic carboxylic acids is 1. The van der Waals surface area contributed by atoms with E-state index in [0.717, 1.165) is 32.1 Å². The van der Waals surface area contributed by atoms with Crippen molar-refractivity contribution >= 4 is 23.2 Å². The molecule has 2 atom stereocenters. The molecule has 1 amide bonds. The van der Waals surface area contributed by atoms with Gasteiger partial charge in [-0.1, -0.05) is 19.3 Å². The minimum Gasteiger partial charge on any atom is -0.481 e. The summed E-state index contributed by atoms with van der Waals surface area (Å²) in [4.78, 5) is 23.3. The number of hydrogen-bond acceptors (Lipinski definition) is 3. The predicted octanol–water partition coefficient (Wildman–Crippen LogP) is 2.83. The van der Waals surface area contributed by atoms with Gasteiger partial charge in [0.05, 0.1) is 5.92 Å². The Labute approximate surface area is 123 Å². The monoisotopic (exact) mass is 295 g/mol. The van der Waals surface area contributed by atoms with Crippen LogP contribution in [0.5, 0.6) is 0 Å². The highest BCUT2D eigenvalue weighted by atomic mass is 32.1. The Kier molecular flexibility index (Phi) is 5.59. The molecule has 1 saturated carbocycles. The molecule has 20 heavy (non-hydrogen) atoms. The molecule has 0 spiro atoms. The standard InChI is InChI=1S/C15H21NO3S/c17-14(7-6-11-8-9-20-10-11)16-13-5-3-1-2-4-12(13)15(18)19/h8-10,12-13H,1-7H2,(H,16,17)(H,18,19)/t12-,13-/m1/s1. The van der Waals surface area contributed by atoms with Gasteiger partial charge in [0.25, 0.3) is 0 Å². The summed E-state index contributed by atoms with van der Waals surface area (Å²) in [5, 5.41) is 16.3. The first kappa shape index (κ1) is 15.0. The van der Waals surface area contributed by atoms with Crippen LogP contribution in [0.25, 0.3) is 0 Å². The van der Waals surface area contributed by atoms with Gasteiger partial charge < -0.3 is 10.4 Å². The minimum atomic E-state index is -0.782. The third kappa shape index (κ3) is 4.34. The van der Waals surface area contributed by atoms with E-state index >= 15 is 0 Å².